The molecule has 0 aliphatic heterocycles. The maximum absolute atomic E-state index is 10.5. The highest BCUT2D eigenvalue weighted by Crippen LogP contribution is 2.42. The van der Waals surface area contributed by atoms with Gasteiger partial charge in [0.2, 0.25) is 0 Å². The van der Waals surface area contributed by atoms with Crippen molar-refractivity contribution < 1.29 is 20.1 Å². The van der Waals surface area contributed by atoms with Crippen molar-refractivity contribution in [3.63, 3.8) is 0 Å². The first-order chi connectivity index (χ1) is 13.5. The molecule has 1 heterocycles. The van der Waals surface area contributed by atoms with Gasteiger partial charge < -0.3 is 15.3 Å². The van der Waals surface area contributed by atoms with Crippen molar-refractivity contribution in [1.29, 1.82) is 0 Å². The van der Waals surface area contributed by atoms with Gasteiger partial charge in [0.15, 0.2) is 0 Å². The average Bonchev–Trinajstić information content (AvgIpc) is 3.28. The molecule has 2 radical (unpaired) electrons. The monoisotopic (exact) mass is 402 g/mol. The van der Waals surface area contributed by atoms with Crippen LogP contribution in [0.15, 0.2) is 41.8 Å². The number of carbonyl (C=O) groups is 1. The molecule has 4 nitrogen and oxygen atoms in total. The van der Waals surface area contributed by atoms with Crippen LogP contribution in [0.4, 0.5) is 0 Å². The molecule has 0 bridgehead atoms. The van der Waals surface area contributed by atoms with E-state index in [1.165, 1.54) is 4.88 Å². The molecule has 5 atom stereocenters. The number of aliphatic hydroxyl groups is 2. The Labute approximate surface area is 173 Å². The van der Waals surface area contributed by atoms with Crippen LogP contribution in [-0.4, -0.2) is 41.3 Å². The summed E-state index contributed by atoms with van der Waals surface area (Å²) in [6, 6.07) is 4.10. The summed E-state index contributed by atoms with van der Waals surface area (Å²) < 4.78 is 0. The van der Waals surface area contributed by atoms with Gasteiger partial charge in [-0.05, 0) is 67.7 Å². The van der Waals surface area contributed by atoms with Crippen LogP contribution in [0.1, 0.15) is 43.4 Å². The lowest BCUT2D eigenvalue weighted by Crippen LogP contribution is -2.19. The number of carboxylic acids is 1. The smallest absolute Gasteiger partial charge is 0.303 e. The third-order valence-electron chi connectivity index (χ3n) is 5.54. The van der Waals surface area contributed by atoms with E-state index in [2.05, 4.69) is 12.1 Å². The molecule has 0 aromatic carbocycles. The molecule has 1 saturated carbocycles. The first kappa shape index (κ1) is 22.9. The number of aliphatic carboxylic acids is 1. The SMILES string of the molecule is [B]C[C@@H]1CC(O)[C@H](CC=CCCCC(=O)O)[C@H]1C=C[C@@H](O)CCc1cccs1. The molecule has 1 aromatic rings. The predicted octanol–water partition coefficient (Wildman–Crippen LogP) is 4.00. The van der Waals surface area contributed by atoms with Crippen molar-refractivity contribution in [2.45, 2.75) is 63.5 Å². The molecular formula is C22H31BO4S. The fraction of sp³-hybridized carbons (Fsp3) is 0.591. The van der Waals surface area contributed by atoms with Gasteiger partial charge in [-0.2, -0.15) is 0 Å². The van der Waals surface area contributed by atoms with E-state index in [-0.39, 0.29) is 24.2 Å². The molecule has 28 heavy (non-hydrogen) atoms. The highest BCUT2D eigenvalue weighted by atomic mass is 32.1. The van der Waals surface area contributed by atoms with Gasteiger partial charge in [0.05, 0.1) is 20.1 Å². The van der Waals surface area contributed by atoms with Gasteiger partial charge in [-0.1, -0.05) is 36.7 Å². The van der Waals surface area contributed by atoms with Gasteiger partial charge in [0.1, 0.15) is 0 Å². The number of thiophene rings is 1. The van der Waals surface area contributed by atoms with E-state index in [4.69, 9.17) is 13.0 Å². The Morgan fingerprint density at radius 3 is 2.89 bits per heavy atom. The summed E-state index contributed by atoms with van der Waals surface area (Å²) in [5.41, 5.74) is 0. The first-order valence-electron chi connectivity index (χ1n) is 10.1. The topological polar surface area (TPSA) is 77.8 Å². The van der Waals surface area contributed by atoms with Crippen molar-refractivity contribution in [1.82, 2.24) is 0 Å². The second kappa shape index (κ2) is 12.3. The molecule has 0 spiro atoms. The molecule has 1 aromatic heterocycles. The average molecular weight is 402 g/mol. The standard InChI is InChI=1S/C22H31BO4S/c23-15-16-14-21(25)20(7-3-1-2-4-8-22(26)27)19(16)12-10-17(24)9-11-18-6-5-13-28-18/h1,3,5-6,10,12-13,16-17,19-21,24-25H,2,4,7-9,11,14-15H2,(H,26,27)/t16-,17-,19-,20+,21?/m0/s1. The molecule has 1 unspecified atom stereocenters. The van der Waals surface area contributed by atoms with E-state index in [9.17, 15) is 15.0 Å². The number of aliphatic hydroxyl groups excluding tert-OH is 2. The number of unbranched alkanes of at least 4 members (excludes halogenated alkanes) is 1. The third-order valence-corrected chi connectivity index (χ3v) is 6.47. The highest BCUT2D eigenvalue weighted by Gasteiger charge is 2.39. The number of aryl methyl sites for hydroxylation is 1. The molecule has 1 fully saturated rings. The van der Waals surface area contributed by atoms with Crippen LogP contribution < -0.4 is 0 Å². The number of hydrogen-bond acceptors (Lipinski definition) is 4. The van der Waals surface area contributed by atoms with E-state index in [1.54, 1.807) is 11.3 Å². The fourth-order valence-corrected chi connectivity index (χ4v) is 4.68. The molecule has 2 rings (SSSR count). The molecule has 1 aliphatic rings. The quantitative estimate of drug-likeness (QED) is 0.281. The molecule has 6 heteroatoms. The first-order valence-corrected chi connectivity index (χ1v) is 11.0. The highest BCUT2D eigenvalue weighted by molar-refractivity contribution is 7.09. The lowest BCUT2D eigenvalue weighted by atomic mass is 9.80. The zero-order chi connectivity index (χ0) is 20.4. The maximum atomic E-state index is 10.5. The van der Waals surface area contributed by atoms with Gasteiger partial charge in [-0.15, -0.1) is 11.3 Å². The Morgan fingerprint density at radius 2 is 2.21 bits per heavy atom. The Kier molecular flexibility index (Phi) is 10.0. The van der Waals surface area contributed by atoms with Gasteiger partial charge >= 0.3 is 5.97 Å². The lowest BCUT2D eigenvalue weighted by Gasteiger charge is -2.21. The number of rotatable bonds is 12. The van der Waals surface area contributed by atoms with Crippen LogP contribution in [0.5, 0.6) is 0 Å². The zero-order valence-electron chi connectivity index (χ0n) is 16.3. The second-order valence-corrected chi connectivity index (χ2v) is 8.64. The minimum Gasteiger partial charge on any atom is -0.481 e. The van der Waals surface area contributed by atoms with Gasteiger partial charge in [-0.25, -0.2) is 0 Å². The number of allylic oxidation sites excluding steroid dienone is 3. The minimum atomic E-state index is -0.770. The summed E-state index contributed by atoms with van der Waals surface area (Å²) in [5, 5.41) is 31.5. The Hall–Kier alpha value is -1.37. The van der Waals surface area contributed by atoms with Gasteiger partial charge in [-0.3, -0.25) is 4.79 Å². The summed E-state index contributed by atoms with van der Waals surface area (Å²) in [5.74, 6) is -0.306. The Balaban J connectivity index is 1.86. The Morgan fingerprint density at radius 1 is 1.39 bits per heavy atom. The van der Waals surface area contributed by atoms with Crippen molar-refractivity contribution in [3.05, 3.63) is 46.7 Å². The summed E-state index contributed by atoms with van der Waals surface area (Å²) in [7, 11) is 5.92. The van der Waals surface area contributed by atoms with Crippen LogP contribution >= 0.6 is 11.3 Å². The van der Waals surface area contributed by atoms with E-state index in [0.717, 1.165) is 19.3 Å². The molecule has 1 aliphatic carbocycles. The summed E-state index contributed by atoms with van der Waals surface area (Å²) in [6.07, 6.45) is 12.1. The summed E-state index contributed by atoms with van der Waals surface area (Å²) >= 11 is 1.70. The molecule has 152 valence electrons. The van der Waals surface area contributed by atoms with Crippen molar-refractivity contribution in [3.8, 4) is 0 Å². The van der Waals surface area contributed by atoms with Gasteiger partial charge in [0, 0.05) is 11.3 Å². The van der Waals surface area contributed by atoms with Crippen LogP contribution in [0, 0.1) is 17.8 Å². The number of carboxylic acid groups (broad SMARTS) is 1. The van der Waals surface area contributed by atoms with Crippen LogP contribution in [-0.2, 0) is 11.2 Å². The van der Waals surface area contributed by atoms with E-state index >= 15 is 0 Å². The van der Waals surface area contributed by atoms with E-state index < -0.39 is 18.2 Å². The van der Waals surface area contributed by atoms with Crippen molar-refractivity contribution in [2.24, 2.45) is 17.8 Å². The molecule has 3 N–H and O–H groups in total. The van der Waals surface area contributed by atoms with Crippen LogP contribution in [0.25, 0.3) is 0 Å². The third kappa shape index (κ3) is 7.57. The lowest BCUT2D eigenvalue weighted by molar-refractivity contribution is -0.137. The maximum Gasteiger partial charge on any atom is 0.303 e. The zero-order valence-corrected chi connectivity index (χ0v) is 17.1. The van der Waals surface area contributed by atoms with Crippen molar-refractivity contribution in [2.75, 3.05) is 0 Å². The van der Waals surface area contributed by atoms with Crippen LogP contribution in [0.2, 0.25) is 6.32 Å². The Bertz CT molecular complexity index is 628. The minimum absolute atomic E-state index is 0.0880. The predicted molar refractivity (Wildman–Crippen MR) is 115 cm³/mol. The molecule has 0 amide bonds. The summed E-state index contributed by atoms with van der Waals surface area (Å²) in [6.45, 7) is 0. The molecule has 0 saturated heterocycles. The van der Waals surface area contributed by atoms with Crippen molar-refractivity contribution >= 4 is 25.2 Å². The summed E-state index contributed by atoms with van der Waals surface area (Å²) in [4.78, 5) is 11.8. The van der Waals surface area contributed by atoms with E-state index in [1.807, 2.05) is 29.7 Å². The van der Waals surface area contributed by atoms with E-state index in [0.29, 0.717) is 25.6 Å². The fourth-order valence-electron chi connectivity index (χ4n) is 3.96. The van der Waals surface area contributed by atoms with Gasteiger partial charge in [0.25, 0.3) is 0 Å². The largest absolute Gasteiger partial charge is 0.481 e. The number of hydrogen-bond donors (Lipinski definition) is 3. The normalized spacial score (nSPS) is 26.4. The van der Waals surface area contributed by atoms with Crippen LogP contribution in [0.3, 0.4) is 0 Å². The second-order valence-electron chi connectivity index (χ2n) is 7.60. The molecular weight excluding hydrogens is 371 g/mol.